The van der Waals surface area contributed by atoms with Gasteiger partial charge in [-0.3, -0.25) is 9.13 Å². The molecule has 0 amide bonds. The van der Waals surface area contributed by atoms with Crippen LogP contribution >= 0.6 is 15.2 Å². The Morgan fingerprint density at radius 2 is 0.933 bits per heavy atom. The SMILES string of the molecule is Cc1cc(C(=O)O)c(-c2c(C(=O)O)cc(C)c(P(=O)(O)O)c2C)c(C)c1P(=O)(O)O. The fraction of sp³-hybridized carbons (Fsp3) is 0.222. The van der Waals surface area contributed by atoms with Crippen LogP contribution < -0.4 is 10.6 Å². The lowest BCUT2D eigenvalue weighted by molar-refractivity contribution is 0.0684. The van der Waals surface area contributed by atoms with Crippen LogP contribution in [0.15, 0.2) is 12.1 Å². The third-order valence-corrected chi connectivity index (χ3v) is 7.30. The zero-order chi connectivity index (χ0) is 23.3. The van der Waals surface area contributed by atoms with Crippen molar-refractivity contribution in [2.24, 2.45) is 0 Å². The molecule has 0 heterocycles. The number of carboxylic acids is 2. The predicted octanol–water partition coefficient (Wildman–Crippen LogP) is 1.59. The smallest absolute Gasteiger partial charge is 0.356 e. The number of rotatable bonds is 5. The van der Waals surface area contributed by atoms with Crippen molar-refractivity contribution in [1.82, 2.24) is 0 Å². The minimum absolute atomic E-state index is 0.0150. The second-order valence-electron chi connectivity index (χ2n) is 6.88. The topological polar surface area (TPSA) is 190 Å². The normalized spacial score (nSPS) is 12.1. The van der Waals surface area contributed by atoms with Gasteiger partial charge in [0, 0.05) is 11.1 Å². The second kappa shape index (κ2) is 7.74. The van der Waals surface area contributed by atoms with Crippen molar-refractivity contribution in [1.29, 1.82) is 0 Å². The molecule has 12 heteroatoms. The van der Waals surface area contributed by atoms with Crippen LogP contribution in [0, 0.1) is 27.7 Å². The van der Waals surface area contributed by atoms with Crippen LogP contribution in [-0.4, -0.2) is 41.7 Å². The number of hydrogen-bond donors (Lipinski definition) is 6. The Kier molecular flexibility index (Phi) is 6.18. The number of hydrogen-bond acceptors (Lipinski definition) is 4. The Bertz CT molecular complexity index is 1090. The first kappa shape index (κ1) is 24.0. The zero-order valence-electron chi connectivity index (χ0n) is 16.4. The van der Waals surface area contributed by atoms with Gasteiger partial charge in [0.15, 0.2) is 0 Å². The molecule has 0 aliphatic carbocycles. The fourth-order valence-electron chi connectivity index (χ4n) is 3.82. The Balaban J connectivity index is 3.26. The molecule has 0 spiro atoms. The van der Waals surface area contributed by atoms with Gasteiger partial charge in [0.05, 0.1) is 21.7 Å². The van der Waals surface area contributed by atoms with Crippen molar-refractivity contribution in [3.05, 3.63) is 45.5 Å². The fourth-order valence-corrected chi connectivity index (χ4v) is 5.97. The van der Waals surface area contributed by atoms with Crippen molar-refractivity contribution in [3.8, 4) is 11.1 Å². The summed E-state index contributed by atoms with van der Waals surface area (Å²) >= 11 is 0. The maximum atomic E-state index is 12.0. The van der Waals surface area contributed by atoms with E-state index in [0.29, 0.717) is 0 Å². The van der Waals surface area contributed by atoms with E-state index in [1.54, 1.807) is 0 Å². The van der Waals surface area contributed by atoms with Gasteiger partial charge in [0.25, 0.3) is 0 Å². The van der Waals surface area contributed by atoms with E-state index in [9.17, 15) is 48.5 Å². The average Bonchev–Trinajstić information content (AvgIpc) is 2.52. The van der Waals surface area contributed by atoms with E-state index >= 15 is 0 Å². The second-order valence-corrected chi connectivity index (χ2v) is 9.95. The molecule has 0 saturated carbocycles. The first-order chi connectivity index (χ1) is 13.5. The van der Waals surface area contributed by atoms with Crippen molar-refractivity contribution in [2.75, 3.05) is 0 Å². The highest BCUT2D eigenvalue weighted by Crippen LogP contribution is 2.44. The van der Waals surface area contributed by atoms with Gasteiger partial charge < -0.3 is 29.8 Å². The average molecular weight is 458 g/mol. The van der Waals surface area contributed by atoms with Crippen LogP contribution in [-0.2, 0) is 9.13 Å². The molecule has 0 radical (unpaired) electrons. The minimum Gasteiger partial charge on any atom is -0.478 e. The summed E-state index contributed by atoms with van der Waals surface area (Å²) in [6.07, 6.45) is 0. The Morgan fingerprint density at radius 3 is 1.13 bits per heavy atom. The summed E-state index contributed by atoms with van der Waals surface area (Å²) in [7, 11) is -9.79. The summed E-state index contributed by atoms with van der Waals surface area (Å²) in [5, 5.41) is 18.4. The summed E-state index contributed by atoms with van der Waals surface area (Å²) in [6, 6.07) is 2.00. The molecule has 2 rings (SSSR count). The molecular weight excluding hydrogens is 438 g/mol. The quantitative estimate of drug-likeness (QED) is 0.359. The van der Waals surface area contributed by atoms with Crippen molar-refractivity contribution in [2.45, 2.75) is 27.7 Å². The minimum atomic E-state index is -4.89. The van der Waals surface area contributed by atoms with E-state index in [-0.39, 0.29) is 33.4 Å². The maximum Gasteiger partial charge on any atom is 0.356 e. The van der Waals surface area contributed by atoms with Crippen LogP contribution in [0.1, 0.15) is 43.0 Å². The lowest BCUT2D eigenvalue weighted by Crippen LogP contribution is -2.21. The highest BCUT2D eigenvalue weighted by atomic mass is 31.2. The molecule has 162 valence electrons. The molecular formula is C18H20O10P2. The largest absolute Gasteiger partial charge is 0.478 e. The molecule has 10 nitrogen and oxygen atoms in total. The number of aromatic carboxylic acids is 2. The number of aryl methyl sites for hydroxylation is 2. The molecule has 0 bridgehead atoms. The van der Waals surface area contributed by atoms with Crippen LogP contribution in [0.2, 0.25) is 0 Å². The molecule has 0 aliphatic heterocycles. The molecule has 0 aromatic heterocycles. The van der Waals surface area contributed by atoms with E-state index < -0.39 is 48.9 Å². The van der Waals surface area contributed by atoms with E-state index in [4.69, 9.17) is 0 Å². The van der Waals surface area contributed by atoms with Crippen molar-refractivity contribution in [3.63, 3.8) is 0 Å². The van der Waals surface area contributed by atoms with Gasteiger partial charge in [0.2, 0.25) is 0 Å². The number of carbonyl (C=O) groups is 2. The highest BCUT2D eigenvalue weighted by Gasteiger charge is 2.33. The van der Waals surface area contributed by atoms with Gasteiger partial charge in [0.1, 0.15) is 0 Å². The monoisotopic (exact) mass is 458 g/mol. The summed E-state index contributed by atoms with van der Waals surface area (Å²) in [6.45, 7) is 5.06. The first-order valence-corrected chi connectivity index (χ1v) is 11.6. The molecule has 0 fully saturated rings. The lowest BCUT2D eigenvalue weighted by Gasteiger charge is -2.23. The van der Waals surface area contributed by atoms with Crippen LogP contribution in [0.4, 0.5) is 0 Å². The van der Waals surface area contributed by atoms with Gasteiger partial charge in [-0.1, -0.05) is 0 Å². The number of benzene rings is 2. The van der Waals surface area contributed by atoms with E-state index in [0.717, 1.165) is 12.1 Å². The van der Waals surface area contributed by atoms with Gasteiger partial charge >= 0.3 is 27.1 Å². The molecule has 0 saturated heterocycles. The molecule has 2 aromatic carbocycles. The van der Waals surface area contributed by atoms with Gasteiger partial charge in [-0.2, -0.15) is 0 Å². The summed E-state index contributed by atoms with van der Waals surface area (Å²) in [4.78, 5) is 62.8. The summed E-state index contributed by atoms with van der Waals surface area (Å²) < 4.78 is 24.1. The predicted molar refractivity (Wildman–Crippen MR) is 108 cm³/mol. The van der Waals surface area contributed by atoms with Gasteiger partial charge in [-0.25, -0.2) is 9.59 Å². The van der Waals surface area contributed by atoms with E-state index in [1.807, 2.05) is 0 Å². The summed E-state index contributed by atoms with van der Waals surface area (Å²) in [5.41, 5.74) is -1.95. The molecule has 0 atom stereocenters. The van der Waals surface area contributed by atoms with E-state index in [2.05, 4.69) is 0 Å². The molecule has 0 unspecified atom stereocenters. The Hall–Kier alpha value is -2.32. The molecule has 0 aliphatic rings. The molecule has 2 aromatic rings. The van der Waals surface area contributed by atoms with Crippen LogP contribution in [0.25, 0.3) is 11.1 Å². The Morgan fingerprint density at radius 1 is 0.667 bits per heavy atom. The summed E-state index contributed by atoms with van der Waals surface area (Å²) in [5.74, 6) is -3.00. The first-order valence-electron chi connectivity index (χ1n) is 8.37. The van der Waals surface area contributed by atoms with Crippen LogP contribution in [0.3, 0.4) is 0 Å². The van der Waals surface area contributed by atoms with Gasteiger partial charge in [-0.05, 0) is 62.1 Å². The van der Waals surface area contributed by atoms with Crippen molar-refractivity contribution < 1.29 is 48.5 Å². The van der Waals surface area contributed by atoms with Gasteiger partial charge in [-0.15, -0.1) is 0 Å². The highest BCUT2D eigenvalue weighted by molar-refractivity contribution is 7.60. The molecule has 6 N–H and O–H groups in total. The zero-order valence-corrected chi connectivity index (χ0v) is 18.2. The van der Waals surface area contributed by atoms with E-state index in [1.165, 1.54) is 27.7 Å². The number of carboxylic acid groups (broad SMARTS) is 2. The Labute approximate surface area is 171 Å². The third-order valence-electron chi connectivity index (χ3n) is 4.76. The lowest BCUT2D eigenvalue weighted by atomic mass is 9.86. The standard InChI is InChI=1S/C18H20O10P2/c1-7-5-11(17(19)20)13(9(3)15(7)29(23,24)25)14-10(4)16(30(26,27)28)8(2)6-12(14)18(21)22/h5-6H,1-4H3,(H,19,20)(H,21,22)(H2,23,24,25)(H2,26,27,28). The molecule has 30 heavy (non-hydrogen) atoms. The van der Waals surface area contributed by atoms with Crippen molar-refractivity contribution >= 4 is 37.7 Å². The van der Waals surface area contributed by atoms with Crippen LogP contribution in [0.5, 0.6) is 0 Å². The third kappa shape index (κ3) is 4.11. The maximum absolute atomic E-state index is 12.0.